The third-order valence-corrected chi connectivity index (χ3v) is 7.73. The molecule has 4 rings (SSSR count). The lowest BCUT2D eigenvalue weighted by Gasteiger charge is -2.32. The molecule has 0 bridgehead atoms. The molecule has 0 atom stereocenters. The number of amides is 1. The summed E-state index contributed by atoms with van der Waals surface area (Å²) >= 11 is 0. The van der Waals surface area contributed by atoms with Crippen LogP contribution in [-0.2, 0) is 39.1 Å². The minimum absolute atomic E-state index is 0.168. The first-order valence-electron chi connectivity index (χ1n) is 11.1. The van der Waals surface area contributed by atoms with E-state index in [0.717, 1.165) is 56.5 Å². The molecule has 0 spiro atoms. The Bertz CT molecular complexity index is 910. The van der Waals surface area contributed by atoms with Crippen LogP contribution in [0.2, 0.25) is 0 Å². The largest absolute Gasteiger partial charge is 0.443 e. The van der Waals surface area contributed by atoms with Crippen molar-refractivity contribution in [3.05, 3.63) is 23.3 Å². The molecule has 1 amide bonds. The number of hydrogen-bond acceptors (Lipinski definition) is 7. The minimum Gasteiger partial charge on any atom is -0.443 e. The van der Waals surface area contributed by atoms with E-state index in [2.05, 4.69) is 9.97 Å². The first-order chi connectivity index (χ1) is 14.7. The number of carbonyl (C=O) groups excluding carboxylic acids is 1. The number of aromatic nitrogens is 2. The quantitative estimate of drug-likeness (QED) is 0.584. The van der Waals surface area contributed by atoms with Crippen molar-refractivity contribution in [3.8, 4) is 0 Å². The Labute approximate surface area is 184 Å². The molecule has 1 aromatic heterocycles. The van der Waals surface area contributed by atoms with Crippen LogP contribution in [0.4, 0.5) is 4.79 Å². The maximum Gasteiger partial charge on any atom is 0.410 e. The van der Waals surface area contributed by atoms with Crippen molar-refractivity contribution in [2.75, 3.05) is 32.5 Å². The van der Waals surface area contributed by atoms with Crippen LogP contribution in [0.3, 0.4) is 0 Å². The zero-order valence-corrected chi connectivity index (χ0v) is 19.2. The van der Waals surface area contributed by atoms with Crippen molar-refractivity contribution >= 4 is 16.1 Å². The number of sulfonamides is 1. The first kappa shape index (κ1) is 22.4. The maximum atomic E-state index is 12.2. The number of ether oxygens (including phenoxy) is 2. The highest BCUT2D eigenvalue weighted by Crippen LogP contribution is 2.39. The molecule has 1 aliphatic carbocycles. The molecule has 10 heteroatoms. The monoisotopic (exact) mass is 452 g/mol. The second-order valence-corrected chi connectivity index (χ2v) is 11.2. The molecule has 2 fully saturated rings. The molecule has 1 saturated heterocycles. The average Bonchev–Trinajstić information content (AvgIpc) is 3.47. The van der Waals surface area contributed by atoms with E-state index >= 15 is 0 Å². The molecule has 1 aromatic rings. The van der Waals surface area contributed by atoms with Gasteiger partial charge in [0.25, 0.3) is 0 Å². The Balaban J connectivity index is 1.15. The highest BCUT2D eigenvalue weighted by atomic mass is 32.2. The van der Waals surface area contributed by atoms with Crippen LogP contribution in [0.1, 0.15) is 56.1 Å². The van der Waals surface area contributed by atoms with Gasteiger partial charge in [-0.2, -0.15) is 4.31 Å². The van der Waals surface area contributed by atoms with Crippen LogP contribution in [0.15, 0.2) is 6.20 Å². The van der Waals surface area contributed by atoms with Gasteiger partial charge in [-0.05, 0) is 44.9 Å². The van der Waals surface area contributed by atoms with Gasteiger partial charge in [0.1, 0.15) is 12.2 Å². The van der Waals surface area contributed by atoms with E-state index < -0.39 is 10.0 Å². The van der Waals surface area contributed by atoms with E-state index in [1.165, 1.54) is 10.6 Å². The lowest BCUT2D eigenvalue weighted by atomic mass is 9.94. The summed E-state index contributed by atoms with van der Waals surface area (Å²) in [5.41, 5.74) is 1.56. The summed E-state index contributed by atoms with van der Waals surface area (Å²) in [7, 11) is -3.20. The standard InChI is InChI=1S/C21H32N4O5S/c1-21(7-8-21)30-20(26)24-9-3-16(4-10-24)6-12-29-15-19-22-13-17-14-25(31(2,27)28)11-5-18(17)23-19/h13,16H,3-12,14-15H2,1-2H3. The zero-order valence-electron chi connectivity index (χ0n) is 18.4. The van der Waals surface area contributed by atoms with Gasteiger partial charge >= 0.3 is 6.09 Å². The van der Waals surface area contributed by atoms with Gasteiger partial charge in [-0.3, -0.25) is 0 Å². The highest BCUT2D eigenvalue weighted by molar-refractivity contribution is 7.88. The Morgan fingerprint density at radius 2 is 2.00 bits per heavy atom. The fourth-order valence-corrected chi connectivity index (χ4v) is 4.85. The molecule has 2 aliphatic heterocycles. The number of fused-ring (bicyclic) bond motifs is 1. The van der Waals surface area contributed by atoms with Crippen molar-refractivity contribution < 1.29 is 22.7 Å². The van der Waals surface area contributed by atoms with E-state index in [4.69, 9.17) is 9.47 Å². The van der Waals surface area contributed by atoms with E-state index in [-0.39, 0.29) is 11.7 Å². The topological polar surface area (TPSA) is 102 Å². The van der Waals surface area contributed by atoms with Crippen molar-refractivity contribution in [2.45, 2.75) is 64.2 Å². The summed E-state index contributed by atoms with van der Waals surface area (Å²) in [6.07, 6.45) is 8.22. The summed E-state index contributed by atoms with van der Waals surface area (Å²) in [5.74, 6) is 1.18. The summed E-state index contributed by atoms with van der Waals surface area (Å²) in [6, 6.07) is 0. The first-order valence-corrected chi connectivity index (χ1v) is 12.9. The van der Waals surface area contributed by atoms with Crippen LogP contribution in [0.25, 0.3) is 0 Å². The van der Waals surface area contributed by atoms with E-state index in [9.17, 15) is 13.2 Å². The van der Waals surface area contributed by atoms with Crippen LogP contribution in [-0.4, -0.2) is 71.8 Å². The molecule has 0 radical (unpaired) electrons. The number of nitrogens with zero attached hydrogens (tertiary/aromatic N) is 4. The number of piperidine rings is 1. The highest BCUT2D eigenvalue weighted by Gasteiger charge is 2.43. The summed E-state index contributed by atoms with van der Waals surface area (Å²) < 4.78 is 36.2. The Morgan fingerprint density at radius 3 is 2.68 bits per heavy atom. The summed E-state index contributed by atoms with van der Waals surface area (Å²) in [5, 5.41) is 0. The maximum absolute atomic E-state index is 12.2. The molecule has 31 heavy (non-hydrogen) atoms. The Kier molecular flexibility index (Phi) is 6.50. The van der Waals surface area contributed by atoms with Crippen molar-refractivity contribution in [1.82, 2.24) is 19.2 Å². The van der Waals surface area contributed by atoms with Gasteiger partial charge in [0.05, 0.1) is 11.9 Å². The third kappa shape index (κ3) is 5.93. The molecule has 0 aromatic carbocycles. The number of rotatable bonds is 7. The van der Waals surface area contributed by atoms with Gasteiger partial charge < -0.3 is 14.4 Å². The number of carbonyl (C=O) groups is 1. The third-order valence-electron chi connectivity index (χ3n) is 6.48. The SMILES string of the molecule is CC1(OC(=O)N2CCC(CCOCc3ncc4c(n3)CCN(S(C)(=O)=O)C4)CC2)CC1. The zero-order chi connectivity index (χ0) is 22.1. The van der Waals surface area contributed by atoms with E-state index in [0.29, 0.717) is 44.5 Å². The van der Waals surface area contributed by atoms with Crippen LogP contribution in [0, 0.1) is 5.92 Å². The molecule has 1 saturated carbocycles. The van der Waals surface area contributed by atoms with Crippen LogP contribution in [0.5, 0.6) is 0 Å². The van der Waals surface area contributed by atoms with Gasteiger partial charge in [0, 0.05) is 51.0 Å². The molecular formula is C21H32N4O5S. The lowest BCUT2D eigenvalue weighted by molar-refractivity contribution is 0.0442. The van der Waals surface area contributed by atoms with Gasteiger partial charge in [0.15, 0.2) is 5.82 Å². The predicted molar refractivity (Wildman–Crippen MR) is 114 cm³/mol. The fraction of sp³-hybridized carbons (Fsp3) is 0.762. The number of hydrogen-bond donors (Lipinski definition) is 0. The molecule has 9 nitrogen and oxygen atoms in total. The van der Waals surface area contributed by atoms with E-state index in [1.54, 1.807) is 6.20 Å². The smallest absolute Gasteiger partial charge is 0.410 e. The van der Waals surface area contributed by atoms with E-state index in [1.807, 2.05) is 11.8 Å². The summed E-state index contributed by atoms with van der Waals surface area (Å²) in [6.45, 7) is 5.26. The second kappa shape index (κ2) is 8.99. The van der Waals surface area contributed by atoms with Crippen molar-refractivity contribution in [3.63, 3.8) is 0 Å². The van der Waals surface area contributed by atoms with Crippen molar-refractivity contribution in [2.24, 2.45) is 5.92 Å². The normalized spacial score (nSPS) is 21.5. The Hall–Kier alpha value is -1.78. The lowest BCUT2D eigenvalue weighted by Crippen LogP contribution is -2.40. The second-order valence-electron chi connectivity index (χ2n) is 9.19. The van der Waals surface area contributed by atoms with Crippen LogP contribution >= 0.6 is 0 Å². The molecular weight excluding hydrogens is 420 g/mol. The van der Waals surface area contributed by atoms with Gasteiger partial charge in [-0.15, -0.1) is 0 Å². The average molecular weight is 453 g/mol. The Morgan fingerprint density at radius 1 is 1.26 bits per heavy atom. The predicted octanol–water partition coefficient (Wildman–Crippen LogP) is 2.10. The fourth-order valence-electron chi connectivity index (χ4n) is 4.06. The van der Waals surface area contributed by atoms with Gasteiger partial charge in [0.2, 0.25) is 10.0 Å². The molecule has 0 N–H and O–H groups in total. The number of likely N-dealkylation sites (tertiary alicyclic amines) is 1. The molecule has 3 heterocycles. The molecule has 0 unspecified atom stereocenters. The molecule has 3 aliphatic rings. The van der Waals surface area contributed by atoms with Gasteiger partial charge in [-0.25, -0.2) is 23.2 Å². The minimum atomic E-state index is -3.20. The van der Waals surface area contributed by atoms with Crippen LogP contribution < -0.4 is 0 Å². The van der Waals surface area contributed by atoms with Gasteiger partial charge in [-0.1, -0.05) is 0 Å². The summed E-state index contributed by atoms with van der Waals surface area (Å²) in [4.78, 5) is 22.9. The molecule has 172 valence electrons. The van der Waals surface area contributed by atoms with Crippen molar-refractivity contribution in [1.29, 1.82) is 0 Å².